The first kappa shape index (κ1) is 31.1. The number of esters is 1. The molecule has 0 spiro atoms. The summed E-state index contributed by atoms with van der Waals surface area (Å²) in [5.41, 5.74) is 2.19. The lowest BCUT2D eigenvalue weighted by Crippen LogP contribution is -2.29. The summed E-state index contributed by atoms with van der Waals surface area (Å²) in [5.74, 6) is 0.802. The van der Waals surface area contributed by atoms with E-state index >= 15 is 0 Å². The fourth-order valence-corrected chi connectivity index (χ4v) is 6.79. The summed E-state index contributed by atoms with van der Waals surface area (Å²) in [6, 6.07) is 16.5. The summed E-state index contributed by atoms with van der Waals surface area (Å²) in [5, 5.41) is 15.4. The lowest BCUT2D eigenvalue weighted by atomic mass is 10.1. The molecular weight excluding hydrogens is 603 g/mol. The van der Waals surface area contributed by atoms with Gasteiger partial charge in [0, 0.05) is 10.6 Å². The molecule has 2 aromatic heterocycles. The van der Waals surface area contributed by atoms with Crippen molar-refractivity contribution in [3.8, 4) is 17.2 Å². The van der Waals surface area contributed by atoms with Crippen LogP contribution in [0.4, 0.5) is 5.00 Å². The predicted octanol–water partition coefficient (Wildman–Crippen LogP) is 4.82. The maximum atomic E-state index is 13.1. The van der Waals surface area contributed by atoms with E-state index < -0.39 is 5.97 Å². The molecule has 2 N–H and O–H groups in total. The van der Waals surface area contributed by atoms with Crippen LogP contribution in [-0.2, 0) is 33.7 Å². The topological polar surface area (TPSA) is 134 Å². The predicted molar refractivity (Wildman–Crippen MR) is 168 cm³/mol. The van der Waals surface area contributed by atoms with Crippen molar-refractivity contribution in [3.05, 3.63) is 76.4 Å². The lowest BCUT2D eigenvalue weighted by molar-refractivity contribution is -0.123. The molecule has 2 aromatic carbocycles. The molecular formula is C31H33N5O6S2. The van der Waals surface area contributed by atoms with Gasteiger partial charge < -0.3 is 24.8 Å². The zero-order chi connectivity index (χ0) is 30.9. The van der Waals surface area contributed by atoms with E-state index in [9.17, 15) is 14.4 Å². The van der Waals surface area contributed by atoms with Crippen molar-refractivity contribution in [3.63, 3.8) is 0 Å². The number of para-hydroxylation sites is 1. The third kappa shape index (κ3) is 7.58. The number of aromatic nitrogens is 3. The Bertz CT molecular complexity index is 1600. The molecule has 11 nitrogen and oxygen atoms in total. The summed E-state index contributed by atoms with van der Waals surface area (Å²) < 4.78 is 18.2. The molecule has 0 radical (unpaired) electrons. The highest BCUT2D eigenvalue weighted by molar-refractivity contribution is 7.99. The van der Waals surface area contributed by atoms with Crippen molar-refractivity contribution >= 4 is 45.9 Å². The summed E-state index contributed by atoms with van der Waals surface area (Å²) >= 11 is 2.64. The van der Waals surface area contributed by atoms with Gasteiger partial charge in [0.2, 0.25) is 5.91 Å². The number of carbonyl (C=O) groups excluding carboxylic acids is 3. The van der Waals surface area contributed by atoms with Gasteiger partial charge in [-0.15, -0.1) is 21.5 Å². The monoisotopic (exact) mass is 635 g/mol. The highest BCUT2D eigenvalue weighted by atomic mass is 32.2. The van der Waals surface area contributed by atoms with E-state index in [1.807, 2.05) is 49.4 Å². The minimum absolute atomic E-state index is 0.0251. The molecule has 0 saturated carbocycles. The molecule has 0 aliphatic heterocycles. The Hall–Kier alpha value is -4.36. The minimum Gasteiger partial charge on any atom is -0.494 e. The molecule has 1 aliphatic carbocycles. The van der Waals surface area contributed by atoms with Gasteiger partial charge in [-0.05, 0) is 75.1 Å². The first-order chi connectivity index (χ1) is 21.5. The van der Waals surface area contributed by atoms with Gasteiger partial charge in [-0.3, -0.25) is 14.2 Å². The first-order valence-corrected chi connectivity index (χ1v) is 16.1. The smallest absolute Gasteiger partial charge is 0.341 e. The number of nitrogens with one attached hydrogen (secondary N) is 2. The number of hydrogen-bond acceptors (Lipinski definition) is 10. The zero-order valence-corrected chi connectivity index (χ0v) is 26.1. The van der Waals surface area contributed by atoms with Gasteiger partial charge in [-0.25, -0.2) is 4.79 Å². The average Bonchev–Trinajstić information content (AvgIpc) is 3.74. The molecule has 230 valence electrons. The Kier molecular flexibility index (Phi) is 10.5. The van der Waals surface area contributed by atoms with Crippen LogP contribution in [0.15, 0.2) is 59.8 Å². The van der Waals surface area contributed by atoms with Gasteiger partial charge in [-0.2, -0.15) is 0 Å². The number of amides is 2. The van der Waals surface area contributed by atoms with Crippen LogP contribution in [0.25, 0.3) is 5.69 Å². The van der Waals surface area contributed by atoms with Gasteiger partial charge in [0.25, 0.3) is 5.91 Å². The normalized spacial score (nSPS) is 12.0. The van der Waals surface area contributed by atoms with Crippen LogP contribution in [0.1, 0.15) is 46.9 Å². The third-order valence-electron chi connectivity index (χ3n) is 6.65. The number of ether oxygens (including phenoxy) is 3. The molecule has 13 heteroatoms. The van der Waals surface area contributed by atoms with Crippen molar-refractivity contribution in [1.29, 1.82) is 0 Å². The van der Waals surface area contributed by atoms with E-state index in [1.54, 1.807) is 23.6 Å². The highest BCUT2D eigenvalue weighted by Gasteiger charge is 2.28. The van der Waals surface area contributed by atoms with Crippen molar-refractivity contribution < 1.29 is 28.6 Å². The number of benzene rings is 2. The Morgan fingerprint density at radius 1 is 0.932 bits per heavy atom. The number of thioether (sulfide) groups is 1. The van der Waals surface area contributed by atoms with Gasteiger partial charge >= 0.3 is 5.97 Å². The number of fused-ring (bicyclic) bond motifs is 1. The molecule has 0 unspecified atom stereocenters. The van der Waals surface area contributed by atoms with Gasteiger partial charge in [0.15, 0.2) is 17.6 Å². The van der Waals surface area contributed by atoms with Crippen LogP contribution in [0.5, 0.6) is 11.5 Å². The quantitative estimate of drug-likeness (QED) is 0.148. The zero-order valence-electron chi connectivity index (χ0n) is 24.5. The van der Waals surface area contributed by atoms with E-state index in [2.05, 4.69) is 20.8 Å². The molecule has 0 bridgehead atoms. The number of nitrogens with zero attached hydrogens (tertiary/aromatic N) is 3. The van der Waals surface area contributed by atoms with Crippen LogP contribution in [0.3, 0.4) is 0 Å². The highest BCUT2D eigenvalue weighted by Crippen LogP contribution is 2.39. The Balaban J connectivity index is 1.28. The Morgan fingerprint density at radius 2 is 1.70 bits per heavy atom. The molecule has 0 saturated heterocycles. The second-order valence-electron chi connectivity index (χ2n) is 9.66. The number of hydrogen-bond donors (Lipinski definition) is 2. The fourth-order valence-electron chi connectivity index (χ4n) is 4.72. The maximum Gasteiger partial charge on any atom is 0.341 e. The molecule has 5 rings (SSSR count). The van der Waals surface area contributed by atoms with Crippen LogP contribution in [0, 0.1) is 0 Å². The molecule has 0 atom stereocenters. The summed E-state index contributed by atoms with van der Waals surface area (Å²) in [6.07, 6.45) is 2.68. The van der Waals surface area contributed by atoms with Crippen LogP contribution in [0.2, 0.25) is 0 Å². The molecule has 2 amide bonds. The van der Waals surface area contributed by atoms with Crippen molar-refractivity contribution in [2.24, 2.45) is 0 Å². The van der Waals surface area contributed by atoms with Crippen LogP contribution < -0.4 is 20.1 Å². The fraction of sp³-hybridized carbons (Fsp3) is 0.323. The maximum absolute atomic E-state index is 13.1. The standard InChI is InChI=1S/C31H33N5O6S2/c1-3-40-22-15-13-20(14-16-22)36-25(17-32-26(37)18-42-21-9-6-5-7-10-21)34-35-31(36)43-19-27(38)33-29-28(30(39)41-4-2)23-11-8-12-24(23)44-29/h5-7,9-10,13-16H,3-4,8,11-12,17-19H2,1-2H3,(H,32,37)(H,33,38). The van der Waals surface area contributed by atoms with E-state index in [1.165, 1.54) is 23.1 Å². The van der Waals surface area contributed by atoms with E-state index in [0.29, 0.717) is 39.7 Å². The van der Waals surface area contributed by atoms with E-state index in [-0.39, 0.29) is 37.3 Å². The Labute approximate surface area is 263 Å². The molecule has 44 heavy (non-hydrogen) atoms. The number of rotatable bonds is 14. The first-order valence-electron chi connectivity index (χ1n) is 14.3. The number of anilines is 1. The molecule has 0 fully saturated rings. The second kappa shape index (κ2) is 14.9. The van der Waals surface area contributed by atoms with E-state index in [0.717, 1.165) is 35.4 Å². The number of aryl methyl sites for hydroxylation is 1. The van der Waals surface area contributed by atoms with Crippen LogP contribution in [-0.4, -0.2) is 58.1 Å². The summed E-state index contributed by atoms with van der Waals surface area (Å²) in [4.78, 5) is 39.4. The largest absolute Gasteiger partial charge is 0.494 e. The van der Waals surface area contributed by atoms with Crippen LogP contribution >= 0.6 is 23.1 Å². The second-order valence-corrected chi connectivity index (χ2v) is 11.7. The number of carbonyl (C=O) groups is 3. The summed E-state index contributed by atoms with van der Waals surface area (Å²) in [7, 11) is 0. The minimum atomic E-state index is -0.411. The SMILES string of the molecule is CCOC(=O)c1c(NC(=O)CSc2nnc(CNC(=O)COc3ccccc3)n2-c2ccc(OCC)cc2)sc2c1CCC2. The third-order valence-corrected chi connectivity index (χ3v) is 8.79. The number of thiophene rings is 1. The molecule has 4 aromatic rings. The lowest BCUT2D eigenvalue weighted by Gasteiger charge is -2.12. The Morgan fingerprint density at radius 3 is 2.45 bits per heavy atom. The molecule has 1 aliphatic rings. The van der Waals surface area contributed by atoms with E-state index in [4.69, 9.17) is 14.2 Å². The van der Waals surface area contributed by atoms with Gasteiger partial charge in [0.1, 0.15) is 16.5 Å². The van der Waals surface area contributed by atoms with Gasteiger partial charge in [-0.1, -0.05) is 30.0 Å². The summed E-state index contributed by atoms with van der Waals surface area (Å²) in [6.45, 7) is 4.41. The van der Waals surface area contributed by atoms with Crippen molar-refractivity contribution in [1.82, 2.24) is 20.1 Å². The van der Waals surface area contributed by atoms with Crippen molar-refractivity contribution in [2.45, 2.75) is 44.8 Å². The van der Waals surface area contributed by atoms with Gasteiger partial charge in [0.05, 0.1) is 31.1 Å². The molecule has 2 heterocycles. The average molecular weight is 636 g/mol. The van der Waals surface area contributed by atoms with Crippen molar-refractivity contribution in [2.75, 3.05) is 30.9 Å².